The van der Waals surface area contributed by atoms with Crippen LogP contribution in [0.25, 0.3) is 0 Å². The van der Waals surface area contributed by atoms with E-state index in [2.05, 4.69) is 32.1 Å². The lowest BCUT2D eigenvalue weighted by atomic mass is 9.49. The standard InChI is InChI=1S/C40H54F6N4O/c41-39(42,43)33-18-29(19-34(21-33)40(44,45)46)8-11-49-12-9-47-25-35(49)3-1-2-10-48-13-14-50(36(26-48)20-28-4-6-37(51)7-5-28)27-38-22-30-15-31(23-38)17-32(16-30)24-38/h4-7,18-19,21,30-32,35-36,47,51H,1-3,8-17,20,22-27H2/t30?,31?,32?,35-,36-,38?/m0/s1. The lowest BCUT2D eigenvalue weighted by molar-refractivity contribution is -0.143. The van der Waals surface area contributed by atoms with Gasteiger partial charge in [0, 0.05) is 64.4 Å². The summed E-state index contributed by atoms with van der Waals surface area (Å²) in [5.41, 5.74) is -0.671. The summed E-state index contributed by atoms with van der Waals surface area (Å²) in [7, 11) is 0. The zero-order chi connectivity index (χ0) is 35.8. The Kier molecular flexibility index (Phi) is 11.0. The van der Waals surface area contributed by atoms with Gasteiger partial charge in [-0.15, -0.1) is 0 Å². The Morgan fingerprint density at radius 3 is 2.00 bits per heavy atom. The Labute approximate surface area is 298 Å². The molecule has 5 nitrogen and oxygen atoms in total. The van der Waals surface area contributed by atoms with Gasteiger partial charge in [0.2, 0.25) is 0 Å². The summed E-state index contributed by atoms with van der Waals surface area (Å²) in [6.07, 6.45) is 3.04. The van der Waals surface area contributed by atoms with Crippen LogP contribution in [0.2, 0.25) is 0 Å². The maximum absolute atomic E-state index is 13.4. The molecule has 2 saturated heterocycles. The van der Waals surface area contributed by atoms with E-state index in [1.54, 1.807) is 12.1 Å². The molecular weight excluding hydrogens is 666 g/mol. The number of nitrogens with zero attached hydrogens (tertiary/aromatic N) is 3. The first kappa shape index (κ1) is 37.0. The maximum Gasteiger partial charge on any atom is 0.416 e. The van der Waals surface area contributed by atoms with Crippen LogP contribution in [0.1, 0.15) is 80.0 Å². The van der Waals surface area contributed by atoms with E-state index >= 15 is 0 Å². The number of piperazine rings is 2. The van der Waals surface area contributed by atoms with Gasteiger partial charge in [-0.05, 0) is 135 Å². The van der Waals surface area contributed by atoms with Crippen molar-refractivity contribution in [2.45, 2.75) is 95.1 Å². The third-order valence-electron chi connectivity index (χ3n) is 12.9. The molecule has 2 aliphatic heterocycles. The lowest BCUT2D eigenvalue weighted by Gasteiger charge is -2.59. The second kappa shape index (κ2) is 15.2. The average Bonchev–Trinajstić information content (AvgIpc) is 3.06. The fourth-order valence-corrected chi connectivity index (χ4v) is 10.9. The van der Waals surface area contributed by atoms with Gasteiger partial charge >= 0.3 is 12.4 Å². The SMILES string of the molecule is Oc1ccc(C[C@H]2CN(CCCC[C@H]3CNCCN3CCc3cc(C(F)(F)F)cc(C(F)(F)F)c3)CCN2CC23CC4CC(CC(C4)C2)C3)cc1. The van der Waals surface area contributed by atoms with Crippen molar-refractivity contribution in [3.8, 4) is 5.75 Å². The quantitative estimate of drug-likeness (QED) is 0.173. The Balaban J connectivity index is 0.924. The molecule has 2 aromatic rings. The van der Waals surface area contributed by atoms with Gasteiger partial charge in [-0.2, -0.15) is 26.3 Å². The minimum atomic E-state index is -4.83. The van der Waals surface area contributed by atoms with Gasteiger partial charge in [-0.25, -0.2) is 0 Å². The number of phenolic OH excluding ortho intramolecular Hbond substituents is 1. The topological polar surface area (TPSA) is 42.0 Å². The first-order valence-electron chi connectivity index (χ1n) is 19.3. The highest BCUT2D eigenvalue weighted by atomic mass is 19.4. The van der Waals surface area contributed by atoms with Crippen molar-refractivity contribution < 1.29 is 31.4 Å². The number of rotatable bonds is 12. The minimum absolute atomic E-state index is 0.0682. The fraction of sp³-hybridized carbons (Fsp3) is 0.700. The third-order valence-corrected chi connectivity index (χ3v) is 12.9. The Morgan fingerprint density at radius 1 is 0.725 bits per heavy atom. The molecule has 6 fully saturated rings. The smallest absolute Gasteiger partial charge is 0.416 e. The van der Waals surface area contributed by atoms with Crippen molar-refractivity contribution in [3.05, 3.63) is 64.7 Å². The van der Waals surface area contributed by atoms with E-state index in [0.717, 1.165) is 101 Å². The molecule has 4 bridgehead atoms. The Hall–Kier alpha value is -2.34. The van der Waals surface area contributed by atoms with E-state index in [-0.39, 0.29) is 24.1 Å². The minimum Gasteiger partial charge on any atom is -0.508 e. The molecule has 0 radical (unpaired) electrons. The van der Waals surface area contributed by atoms with Crippen LogP contribution in [0, 0.1) is 23.2 Å². The first-order valence-corrected chi connectivity index (χ1v) is 19.3. The highest BCUT2D eigenvalue weighted by Crippen LogP contribution is 2.60. The van der Waals surface area contributed by atoms with Crippen LogP contribution >= 0.6 is 0 Å². The van der Waals surface area contributed by atoms with Crippen LogP contribution in [0.15, 0.2) is 42.5 Å². The molecule has 0 unspecified atom stereocenters. The van der Waals surface area contributed by atoms with Crippen LogP contribution in [-0.4, -0.2) is 90.8 Å². The van der Waals surface area contributed by atoms with Gasteiger partial charge in [-0.1, -0.05) is 18.6 Å². The number of alkyl halides is 6. The Morgan fingerprint density at radius 2 is 1.37 bits per heavy atom. The number of hydrogen-bond acceptors (Lipinski definition) is 5. The molecule has 0 spiro atoms. The van der Waals surface area contributed by atoms with Crippen LogP contribution in [0.5, 0.6) is 5.75 Å². The normalized spacial score (nSPS) is 30.7. The van der Waals surface area contributed by atoms with Crippen LogP contribution in [0.3, 0.4) is 0 Å². The van der Waals surface area contributed by atoms with Gasteiger partial charge in [0.25, 0.3) is 0 Å². The van der Waals surface area contributed by atoms with E-state index in [9.17, 15) is 31.4 Å². The van der Waals surface area contributed by atoms with Gasteiger partial charge in [-0.3, -0.25) is 9.80 Å². The lowest BCUT2D eigenvalue weighted by Crippen LogP contribution is -2.59. The molecule has 8 rings (SSSR count). The van der Waals surface area contributed by atoms with E-state index in [4.69, 9.17) is 0 Å². The van der Waals surface area contributed by atoms with Crippen LogP contribution < -0.4 is 5.32 Å². The number of halogens is 6. The van der Waals surface area contributed by atoms with Gasteiger partial charge < -0.3 is 15.3 Å². The predicted octanol–water partition coefficient (Wildman–Crippen LogP) is 7.86. The summed E-state index contributed by atoms with van der Waals surface area (Å²) in [6.45, 7) is 8.08. The first-order chi connectivity index (χ1) is 24.3. The van der Waals surface area contributed by atoms with Crippen molar-refractivity contribution >= 4 is 0 Å². The zero-order valence-electron chi connectivity index (χ0n) is 29.6. The van der Waals surface area contributed by atoms with Crippen molar-refractivity contribution in [1.82, 2.24) is 20.0 Å². The summed E-state index contributed by atoms with van der Waals surface area (Å²) in [6, 6.07) is 10.3. The molecule has 2 atom stereocenters. The molecule has 2 heterocycles. The molecule has 11 heteroatoms. The van der Waals surface area contributed by atoms with E-state index < -0.39 is 23.5 Å². The number of nitrogens with one attached hydrogen (secondary N) is 1. The molecule has 0 aromatic heterocycles. The number of benzene rings is 2. The summed E-state index contributed by atoms with van der Waals surface area (Å²) in [4.78, 5) is 7.66. The number of aromatic hydroxyl groups is 1. The maximum atomic E-state index is 13.4. The monoisotopic (exact) mass is 720 g/mol. The molecule has 4 aliphatic carbocycles. The predicted molar refractivity (Wildman–Crippen MR) is 186 cm³/mol. The number of hydrogen-bond donors (Lipinski definition) is 2. The summed E-state index contributed by atoms with van der Waals surface area (Å²) in [5.74, 6) is 3.11. The molecule has 282 valence electrons. The molecule has 0 amide bonds. The van der Waals surface area contributed by atoms with Crippen molar-refractivity contribution in [2.75, 3.05) is 58.9 Å². The van der Waals surface area contributed by atoms with E-state index in [1.807, 2.05) is 0 Å². The second-order valence-corrected chi connectivity index (χ2v) is 16.8. The number of unbranched alkanes of at least 4 members (excludes halogenated alkanes) is 1. The average molecular weight is 721 g/mol. The summed E-state index contributed by atoms with van der Waals surface area (Å²) >= 11 is 0. The Bertz CT molecular complexity index is 1390. The summed E-state index contributed by atoms with van der Waals surface area (Å²) < 4.78 is 80.4. The van der Waals surface area contributed by atoms with Crippen molar-refractivity contribution in [1.29, 1.82) is 0 Å². The zero-order valence-corrected chi connectivity index (χ0v) is 29.6. The van der Waals surface area contributed by atoms with Crippen LogP contribution in [-0.2, 0) is 25.2 Å². The van der Waals surface area contributed by atoms with Crippen LogP contribution in [0.4, 0.5) is 26.3 Å². The van der Waals surface area contributed by atoms with E-state index in [0.29, 0.717) is 23.8 Å². The third kappa shape index (κ3) is 9.25. The molecular formula is C40H54F6N4O. The molecule has 6 aliphatic rings. The van der Waals surface area contributed by atoms with Gasteiger partial charge in [0.1, 0.15) is 5.75 Å². The molecule has 51 heavy (non-hydrogen) atoms. The van der Waals surface area contributed by atoms with Gasteiger partial charge in [0.15, 0.2) is 0 Å². The van der Waals surface area contributed by atoms with E-state index in [1.165, 1.54) is 50.6 Å². The van der Waals surface area contributed by atoms with Gasteiger partial charge in [0.05, 0.1) is 11.1 Å². The second-order valence-electron chi connectivity index (χ2n) is 16.8. The molecule has 2 aromatic carbocycles. The summed E-state index contributed by atoms with van der Waals surface area (Å²) in [5, 5.41) is 13.3. The highest BCUT2D eigenvalue weighted by molar-refractivity contribution is 5.34. The fourth-order valence-electron chi connectivity index (χ4n) is 10.9. The molecule has 2 N–H and O–H groups in total. The number of phenols is 1. The van der Waals surface area contributed by atoms with Crippen molar-refractivity contribution in [2.24, 2.45) is 23.2 Å². The van der Waals surface area contributed by atoms with Crippen molar-refractivity contribution in [3.63, 3.8) is 0 Å². The largest absolute Gasteiger partial charge is 0.508 e. The highest BCUT2D eigenvalue weighted by Gasteiger charge is 2.52. The molecule has 4 saturated carbocycles.